The van der Waals surface area contributed by atoms with Crippen LogP contribution in [0.5, 0.6) is 0 Å². The zero-order chi connectivity index (χ0) is 18.8. The number of halogens is 1. The van der Waals surface area contributed by atoms with Crippen molar-refractivity contribution in [2.45, 2.75) is 9.79 Å². The Bertz CT molecular complexity index is 1000. The third-order valence-electron chi connectivity index (χ3n) is 3.80. The van der Waals surface area contributed by atoms with Crippen LogP contribution in [0.15, 0.2) is 58.3 Å². The summed E-state index contributed by atoms with van der Waals surface area (Å²) in [6, 6.07) is 10.0. The largest absolute Gasteiger partial charge is 0.379 e. The number of morpholine rings is 1. The second-order valence-electron chi connectivity index (χ2n) is 5.61. The lowest BCUT2D eigenvalue weighted by molar-refractivity contribution is 0.0730. The van der Waals surface area contributed by atoms with Gasteiger partial charge in [-0.15, -0.1) is 0 Å². The molecule has 0 unspecified atom stereocenters. The average Bonchev–Trinajstić information content (AvgIpc) is 2.62. The van der Waals surface area contributed by atoms with E-state index in [4.69, 9.17) is 4.74 Å². The summed E-state index contributed by atoms with van der Waals surface area (Å²) >= 11 is 0. The number of benzene rings is 2. The Hall–Kier alpha value is -2.01. The highest BCUT2D eigenvalue weighted by molar-refractivity contribution is 7.92. The van der Waals surface area contributed by atoms with E-state index >= 15 is 0 Å². The van der Waals surface area contributed by atoms with Gasteiger partial charge in [0.1, 0.15) is 5.82 Å². The van der Waals surface area contributed by atoms with Crippen molar-refractivity contribution in [3.63, 3.8) is 0 Å². The molecular formula is C16H17FN2O5S2. The SMILES string of the molecule is O=S(=O)(Nc1cccc(S(=O)(=O)N2CCOCC2)c1)c1cccc(F)c1. The van der Waals surface area contributed by atoms with Crippen LogP contribution >= 0.6 is 0 Å². The molecule has 0 aliphatic carbocycles. The first kappa shape index (κ1) is 18.8. The molecule has 2 aromatic rings. The molecule has 10 heteroatoms. The summed E-state index contributed by atoms with van der Waals surface area (Å²) in [5.74, 6) is -0.684. The molecule has 0 saturated carbocycles. The number of nitrogens with one attached hydrogen (secondary N) is 1. The minimum atomic E-state index is -4.04. The van der Waals surface area contributed by atoms with Crippen molar-refractivity contribution >= 4 is 25.7 Å². The van der Waals surface area contributed by atoms with Crippen LogP contribution < -0.4 is 4.72 Å². The van der Waals surface area contributed by atoms with E-state index in [1.807, 2.05) is 0 Å². The molecule has 1 N–H and O–H groups in total. The number of ether oxygens (including phenoxy) is 1. The van der Waals surface area contributed by atoms with Crippen molar-refractivity contribution in [2.75, 3.05) is 31.0 Å². The van der Waals surface area contributed by atoms with Gasteiger partial charge in [0.25, 0.3) is 10.0 Å². The predicted molar refractivity (Wildman–Crippen MR) is 93.2 cm³/mol. The Labute approximate surface area is 151 Å². The summed E-state index contributed by atoms with van der Waals surface area (Å²) in [5, 5.41) is 0. The van der Waals surface area contributed by atoms with Crippen LogP contribution in [0, 0.1) is 5.82 Å². The molecule has 26 heavy (non-hydrogen) atoms. The van der Waals surface area contributed by atoms with Crippen molar-refractivity contribution in [1.82, 2.24) is 4.31 Å². The van der Waals surface area contributed by atoms with E-state index < -0.39 is 25.9 Å². The average molecular weight is 400 g/mol. The minimum absolute atomic E-state index is 0.0288. The van der Waals surface area contributed by atoms with Crippen LogP contribution in [-0.2, 0) is 24.8 Å². The van der Waals surface area contributed by atoms with Crippen molar-refractivity contribution in [3.05, 3.63) is 54.3 Å². The topological polar surface area (TPSA) is 92.8 Å². The molecule has 1 heterocycles. The molecule has 7 nitrogen and oxygen atoms in total. The summed E-state index contributed by atoms with van der Waals surface area (Å²) in [6.07, 6.45) is 0. The maximum Gasteiger partial charge on any atom is 0.261 e. The van der Waals surface area contributed by atoms with Gasteiger partial charge in [0.15, 0.2) is 0 Å². The fraction of sp³-hybridized carbons (Fsp3) is 0.250. The molecule has 3 rings (SSSR count). The molecule has 0 amide bonds. The van der Waals surface area contributed by atoms with Gasteiger partial charge in [0.2, 0.25) is 10.0 Å². The van der Waals surface area contributed by atoms with Gasteiger partial charge in [-0.2, -0.15) is 4.31 Å². The maximum atomic E-state index is 13.3. The van der Waals surface area contributed by atoms with Gasteiger partial charge in [0, 0.05) is 13.1 Å². The van der Waals surface area contributed by atoms with Crippen LogP contribution in [0.25, 0.3) is 0 Å². The van der Waals surface area contributed by atoms with E-state index in [2.05, 4.69) is 4.72 Å². The van der Waals surface area contributed by atoms with Crippen LogP contribution in [0.2, 0.25) is 0 Å². The molecular weight excluding hydrogens is 383 g/mol. The van der Waals surface area contributed by atoms with Gasteiger partial charge in [-0.05, 0) is 36.4 Å². The molecule has 0 aromatic heterocycles. The van der Waals surface area contributed by atoms with Crippen molar-refractivity contribution in [1.29, 1.82) is 0 Å². The highest BCUT2D eigenvalue weighted by Gasteiger charge is 2.26. The highest BCUT2D eigenvalue weighted by atomic mass is 32.2. The molecule has 0 bridgehead atoms. The summed E-state index contributed by atoms with van der Waals surface area (Å²) in [7, 11) is -7.79. The summed E-state index contributed by atoms with van der Waals surface area (Å²) in [5.41, 5.74) is 0.0728. The molecule has 140 valence electrons. The number of rotatable bonds is 5. The monoisotopic (exact) mass is 400 g/mol. The minimum Gasteiger partial charge on any atom is -0.379 e. The van der Waals surface area contributed by atoms with Crippen molar-refractivity contribution in [2.24, 2.45) is 0 Å². The van der Waals surface area contributed by atoms with Crippen molar-refractivity contribution in [3.8, 4) is 0 Å². The Morgan fingerprint density at radius 1 is 0.923 bits per heavy atom. The van der Waals surface area contributed by atoms with E-state index in [0.29, 0.717) is 13.2 Å². The van der Waals surface area contributed by atoms with Crippen LogP contribution in [0.1, 0.15) is 0 Å². The van der Waals surface area contributed by atoms with Gasteiger partial charge in [-0.1, -0.05) is 12.1 Å². The first-order valence-corrected chi connectivity index (χ1v) is 10.7. The Morgan fingerprint density at radius 3 is 2.27 bits per heavy atom. The van der Waals surface area contributed by atoms with E-state index in [0.717, 1.165) is 12.1 Å². The Morgan fingerprint density at radius 2 is 1.58 bits per heavy atom. The van der Waals surface area contributed by atoms with E-state index in [1.165, 1.54) is 40.7 Å². The molecule has 0 atom stereocenters. The van der Waals surface area contributed by atoms with Crippen LogP contribution in [-0.4, -0.2) is 47.4 Å². The highest BCUT2D eigenvalue weighted by Crippen LogP contribution is 2.23. The van der Waals surface area contributed by atoms with Crippen molar-refractivity contribution < 1.29 is 26.0 Å². The lowest BCUT2D eigenvalue weighted by Gasteiger charge is -2.26. The first-order valence-electron chi connectivity index (χ1n) is 7.75. The summed E-state index contributed by atoms with van der Waals surface area (Å²) in [6.45, 7) is 1.10. The summed E-state index contributed by atoms with van der Waals surface area (Å²) < 4.78 is 72.0. The zero-order valence-electron chi connectivity index (χ0n) is 13.6. The maximum absolute atomic E-state index is 13.3. The summed E-state index contributed by atoms with van der Waals surface area (Å²) in [4.78, 5) is -0.280. The van der Waals surface area contributed by atoms with Gasteiger partial charge < -0.3 is 4.74 Å². The number of hydrogen-bond donors (Lipinski definition) is 1. The van der Waals surface area contributed by atoms with E-state index in [1.54, 1.807) is 0 Å². The lowest BCUT2D eigenvalue weighted by Crippen LogP contribution is -2.40. The number of anilines is 1. The lowest BCUT2D eigenvalue weighted by atomic mass is 10.3. The Balaban J connectivity index is 1.88. The fourth-order valence-electron chi connectivity index (χ4n) is 2.50. The molecule has 0 radical (unpaired) electrons. The van der Waals surface area contributed by atoms with Gasteiger partial charge in [0.05, 0.1) is 28.7 Å². The zero-order valence-corrected chi connectivity index (χ0v) is 15.3. The molecule has 0 spiro atoms. The molecule has 2 aromatic carbocycles. The predicted octanol–water partition coefficient (Wildman–Crippen LogP) is 1.65. The number of nitrogens with zero attached hydrogens (tertiary/aromatic N) is 1. The van der Waals surface area contributed by atoms with Crippen LogP contribution in [0.4, 0.5) is 10.1 Å². The third kappa shape index (κ3) is 4.04. The van der Waals surface area contributed by atoms with E-state index in [-0.39, 0.29) is 28.6 Å². The van der Waals surface area contributed by atoms with Crippen LogP contribution in [0.3, 0.4) is 0 Å². The molecule has 1 saturated heterocycles. The molecule has 1 fully saturated rings. The third-order valence-corrected chi connectivity index (χ3v) is 7.07. The van der Waals surface area contributed by atoms with Gasteiger partial charge in [-0.25, -0.2) is 21.2 Å². The second kappa shape index (κ2) is 7.31. The fourth-order valence-corrected chi connectivity index (χ4v) is 5.04. The van der Waals surface area contributed by atoms with E-state index in [9.17, 15) is 21.2 Å². The van der Waals surface area contributed by atoms with Gasteiger partial charge in [-0.3, -0.25) is 4.72 Å². The standard InChI is InChI=1S/C16H17FN2O5S2/c17-13-3-1-5-15(11-13)25(20,21)18-14-4-2-6-16(12-14)26(22,23)19-7-9-24-10-8-19/h1-6,11-12,18H,7-10H2. The normalized spacial score (nSPS) is 16.3. The Kier molecular flexibility index (Phi) is 5.28. The quantitative estimate of drug-likeness (QED) is 0.824. The number of hydrogen-bond acceptors (Lipinski definition) is 5. The first-order chi connectivity index (χ1) is 12.3. The van der Waals surface area contributed by atoms with Gasteiger partial charge >= 0.3 is 0 Å². The molecule has 1 aliphatic heterocycles. The smallest absolute Gasteiger partial charge is 0.261 e. The number of sulfonamides is 2. The molecule has 1 aliphatic rings. The second-order valence-corrected chi connectivity index (χ2v) is 9.23.